The van der Waals surface area contributed by atoms with Gasteiger partial charge >= 0.3 is 0 Å². The minimum atomic E-state index is -0.624. The molecule has 0 aliphatic heterocycles. The summed E-state index contributed by atoms with van der Waals surface area (Å²) in [5, 5.41) is 5.59. The molecule has 0 aliphatic carbocycles. The van der Waals surface area contributed by atoms with Gasteiger partial charge in [-0.3, -0.25) is 14.9 Å². The lowest BCUT2D eigenvalue weighted by Gasteiger charge is -2.17. The van der Waals surface area contributed by atoms with Gasteiger partial charge in [-0.1, -0.05) is 43.2 Å². The number of anilines is 1. The van der Waals surface area contributed by atoms with Gasteiger partial charge < -0.3 is 10.3 Å². The Morgan fingerprint density at radius 3 is 2.69 bits per heavy atom. The van der Waals surface area contributed by atoms with Crippen molar-refractivity contribution in [1.82, 2.24) is 15.3 Å². The van der Waals surface area contributed by atoms with E-state index in [2.05, 4.69) is 20.6 Å². The van der Waals surface area contributed by atoms with Crippen LogP contribution < -0.4 is 10.6 Å². The van der Waals surface area contributed by atoms with Crippen LogP contribution in [0.1, 0.15) is 35.7 Å². The molecule has 0 spiro atoms. The third kappa shape index (κ3) is 4.08. The van der Waals surface area contributed by atoms with Crippen LogP contribution in [-0.2, 0) is 4.79 Å². The van der Waals surface area contributed by atoms with Crippen molar-refractivity contribution in [1.29, 1.82) is 0 Å². The minimum absolute atomic E-state index is 0.257. The van der Waals surface area contributed by atoms with Crippen molar-refractivity contribution >= 4 is 28.8 Å². The van der Waals surface area contributed by atoms with Gasteiger partial charge in [0.05, 0.1) is 11.0 Å². The standard InChI is InChI=1S/C20H22N4O2/c1-3-7-17(21-18(25)14-9-6-8-13(2)12-14)19(26)24-20-22-15-10-4-5-11-16(15)23-20/h4-6,8-12,17H,3,7H2,1-2H3,(H,21,25)(H2,22,23,24,26)/t17-/m1/s1. The van der Waals surface area contributed by atoms with Crippen molar-refractivity contribution in [3.8, 4) is 0 Å². The number of imidazole rings is 1. The second-order valence-corrected chi connectivity index (χ2v) is 6.28. The first-order valence-electron chi connectivity index (χ1n) is 8.70. The molecule has 3 rings (SSSR count). The second-order valence-electron chi connectivity index (χ2n) is 6.28. The highest BCUT2D eigenvalue weighted by Gasteiger charge is 2.21. The van der Waals surface area contributed by atoms with E-state index in [1.807, 2.05) is 50.2 Å². The maximum Gasteiger partial charge on any atom is 0.251 e. The maximum absolute atomic E-state index is 12.6. The van der Waals surface area contributed by atoms with Gasteiger partial charge in [-0.05, 0) is 37.6 Å². The van der Waals surface area contributed by atoms with Crippen LogP contribution in [0.3, 0.4) is 0 Å². The van der Waals surface area contributed by atoms with Gasteiger partial charge in [0.1, 0.15) is 6.04 Å². The number of fused-ring (bicyclic) bond motifs is 1. The summed E-state index contributed by atoms with van der Waals surface area (Å²) in [6.45, 7) is 3.90. The van der Waals surface area contributed by atoms with Crippen LogP contribution in [0, 0.1) is 6.92 Å². The highest BCUT2D eigenvalue weighted by atomic mass is 16.2. The van der Waals surface area contributed by atoms with Crippen molar-refractivity contribution in [3.63, 3.8) is 0 Å². The van der Waals surface area contributed by atoms with E-state index in [-0.39, 0.29) is 11.8 Å². The molecule has 6 nitrogen and oxygen atoms in total. The predicted molar refractivity (Wildman–Crippen MR) is 102 cm³/mol. The van der Waals surface area contributed by atoms with Crippen molar-refractivity contribution in [2.75, 3.05) is 5.32 Å². The monoisotopic (exact) mass is 350 g/mol. The van der Waals surface area contributed by atoms with Crippen LogP contribution in [0.2, 0.25) is 0 Å². The van der Waals surface area contributed by atoms with E-state index in [9.17, 15) is 9.59 Å². The molecular weight excluding hydrogens is 328 g/mol. The van der Waals surface area contributed by atoms with Crippen molar-refractivity contribution < 1.29 is 9.59 Å². The number of amides is 2. The van der Waals surface area contributed by atoms with E-state index in [1.54, 1.807) is 12.1 Å². The zero-order chi connectivity index (χ0) is 18.5. The molecule has 0 fully saturated rings. The Kier molecular flexibility index (Phi) is 5.31. The smallest absolute Gasteiger partial charge is 0.251 e. The number of aromatic amines is 1. The van der Waals surface area contributed by atoms with E-state index in [0.29, 0.717) is 17.9 Å². The lowest BCUT2D eigenvalue weighted by atomic mass is 10.1. The average molecular weight is 350 g/mol. The van der Waals surface area contributed by atoms with Crippen LogP contribution in [0.5, 0.6) is 0 Å². The summed E-state index contributed by atoms with van der Waals surface area (Å²) in [5.41, 5.74) is 3.16. The fraction of sp³-hybridized carbons (Fsp3) is 0.250. The first kappa shape index (κ1) is 17.7. The molecule has 2 aromatic carbocycles. The van der Waals surface area contributed by atoms with Crippen LogP contribution in [0.15, 0.2) is 48.5 Å². The average Bonchev–Trinajstić information content (AvgIpc) is 3.03. The third-order valence-corrected chi connectivity index (χ3v) is 4.11. The highest BCUT2D eigenvalue weighted by molar-refractivity contribution is 6.01. The zero-order valence-corrected chi connectivity index (χ0v) is 14.9. The number of aryl methyl sites for hydroxylation is 1. The van der Waals surface area contributed by atoms with E-state index in [4.69, 9.17) is 0 Å². The molecule has 3 aromatic rings. The number of aromatic nitrogens is 2. The molecule has 0 saturated heterocycles. The number of para-hydroxylation sites is 2. The van der Waals surface area contributed by atoms with Crippen molar-refractivity contribution in [3.05, 3.63) is 59.7 Å². The molecule has 1 atom stereocenters. The summed E-state index contributed by atoms with van der Waals surface area (Å²) in [7, 11) is 0. The van der Waals surface area contributed by atoms with Crippen molar-refractivity contribution in [2.45, 2.75) is 32.7 Å². The number of carbonyl (C=O) groups is 2. The van der Waals surface area contributed by atoms with Gasteiger partial charge in [0.15, 0.2) is 0 Å². The number of carbonyl (C=O) groups excluding carboxylic acids is 2. The molecule has 2 amide bonds. The van der Waals surface area contributed by atoms with Crippen LogP contribution in [-0.4, -0.2) is 27.8 Å². The van der Waals surface area contributed by atoms with Crippen LogP contribution >= 0.6 is 0 Å². The van der Waals surface area contributed by atoms with Crippen molar-refractivity contribution in [2.24, 2.45) is 0 Å². The number of H-pyrrole nitrogens is 1. The fourth-order valence-electron chi connectivity index (χ4n) is 2.80. The number of hydrogen-bond donors (Lipinski definition) is 3. The Morgan fingerprint density at radius 1 is 1.15 bits per heavy atom. The van der Waals surface area contributed by atoms with E-state index in [0.717, 1.165) is 23.0 Å². The summed E-state index contributed by atoms with van der Waals surface area (Å²) in [6.07, 6.45) is 1.32. The normalized spacial score (nSPS) is 11.9. The molecule has 0 saturated carbocycles. The highest BCUT2D eigenvalue weighted by Crippen LogP contribution is 2.14. The van der Waals surface area contributed by atoms with Gasteiger partial charge in [-0.2, -0.15) is 0 Å². The molecule has 1 heterocycles. The molecule has 0 radical (unpaired) electrons. The van der Waals surface area contributed by atoms with Gasteiger partial charge in [-0.15, -0.1) is 0 Å². The Morgan fingerprint density at radius 2 is 1.96 bits per heavy atom. The second kappa shape index (κ2) is 7.82. The molecule has 134 valence electrons. The Labute approximate surface area is 152 Å². The van der Waals surface area contributed by atoms with Gasteiger partial charge in [0.25, 0.3) is 5.91 Å². The number of nitrogens with one attached hydrogen (secondary N) is 3. The molecule has 0 unspecified atom stereocenters. The molecular formula is C20H22N4O2. The third-order valence-electron chi connectivity index (χ3n) is 4.11. The number of rotatable bonds is 6. The number of hydrogen-bond acceptors (Lipinski definition) is 3. The Balaban J connectivity index is 1.71. The van der Waals surface area contributed by atoms with Gasteiger partial charge in [0, 0.05) is 5.56 Å². The van der Waals surface area contributed by atoms with Gasteiger partial charge in [-0.25, -0.2) is 4.98 Å². The zero-order valence-electron chi connectivity index (χ0n) is 14.9. The lowest BCUT2D eigenvalue weighted by molar-refractivity contribution is -0.118. The lowest BCUT2D eigenvalue weighted by Crippen LogP contribution is -2.43. The Bertz CT molecular complexity index is 899. The first-order chi connectivity index (χ1) is 12.6. The van der Waals surface area contributed by atoms with Crippen LogP contribution in [0.4, 0.5) is 5.95 Å². The topological polar surface area (TPSA) is 86.9 Å². The summed E-state index contributed by atoms with van der Waals surface area (Å²) >= 11 is 0. The largest absolute Gasteiger partial charge is 0.340 e. The maximum atomic E-state index is 12.6. The van der Waals surface area contributed by atoms with E-state index >= 15 is 0 Å². The fourth-order valence-corrected chi connectivity index (χ4v) is 2.80. The number of benzene rings is 2. The molecule has 3 N–H and O–H groups in total. The SMILES string of the molecule is CCC[C@@H](NC(=O)c1cccc(C)c1)C(=O)Nc1nc2ccccc2[nH]1. The van der Waals surface area contributed by atoms with Gasteiger partial charge in [0.2, 0.25) is 11.9 Å². The predicted octanol–water partition coefficient (Wildman–Crippen LogP) is 3.41. The summed E-state index contributed by atoms with van der Waals surface area (Å²) in [6, 6.07) is 14.2. The molecule has 26 heavy (non-hydrogen) atoms. The number of nitrogens with zero attached hydrogens (tertiary/aromatic N) is 1. The minimum Gasteiger partial charge on any atom is -0.340 e. The molecule has 0 aliphatic rings. The molecule has 1 aromatic heterocycles. The summed E-state index contributed by atoms with van der Waals surface area (Å²) < 4.78 is 0. The molecule has 6 heteroatoms. The first-order valence-corrected chi connectivity index (χ1v) is 8.70. The van der Waals surface area contributed by atoms with Crippen LogP contribution in [0.25, 0.3) is 11.0 Å². The molecule has 0 bridgehead atoms. The van der Waals surface area contributed by atoms with E-state index in [1.165, 1.54) is 0 Å². The van der Waals surface area contributed by atoms with E-state index < -0.39 is 6.04 Å². The quantitative estimate of drug-likeness (QED) is 0.637. The summed E-state index contributed by atoms with van der Waals surface area (Å²) in [5.74, 6) is -0.166. The Hall–Kier alpha value is -3.15. The summed E-state index contributed by atoms with van der Waals surface area (Å²) in [4.78, 5) is 32.5.